The number of hydrogen-bond acceptors (Lipinski definition) is 5. The molecule has 0 saturated carbocycles. The Morgan fingerprint density at radius 1 is 1.16 bits per heavy atom. The summed E-state index contributed by atoms with van der Waals surface area (Å²) < 4.78 is 14.1. The quantitative estimate of drug-likeness (QED) is 0.727. The van der Waals surface area contributed by atoms with Gasteiger partial charge in [0.15, 0.2) is 0 Å². The number of carbonyl (C=O) groups is 1. The average molecular weight is 413 g/mol. The lowest BCUT2D eigenvalue weighted by Gasteiger charge is -2.26. The molecule has 138 valence electrons. The van der Waals surface area contributed by atoms with Gasteiger partial charge < -0.3 is 14.0 Å². The van der Waals surface area contributed by atoms with E-state index in [1.165, 1.54) is 0 Å². The lowest BCUT2D eigenvalue weighted by Crippen LogP contribution is -2.39. The van der Waals surface area contributed by atoms with Gasteiger partial charge in [-0.3, -0.25) is 19.7 Å². The third-order valence-electron chi connectivity index (χ3n) is 4.31. The van der Waals surface area contributed by atoms with E-state index in [0.29, 0.717) is 12.2 Å². The summed E-state index contributed by atoms with van der Waals surface area (Å²) in [4.78, 5) is 14.2. The fraction of sp³-hybridized carbons (Fsp3) is 0.529. The van der Waals surface area contributed by atoms with Crippen molar-refractivity contribution in [3.63, 3.8) is 0 Å². The van der Waals surface area contributed by atoms with Gasteiger partial charge in [-0.1, -0.05) is 12.1 Å². The zero-order valence-corrected chi connectivity index (χ0v) is 16.2. The zero-order valence-electron chi connectivity index (χ0n) is 14.4. The summed E-state index contributed by atoms with van der Waals surface area (Å²) in [6, 6.07) is 7.82. The van der Waals surface area contributed by atoms with Crippen LogP contribution < -0.4 is 5.62 Å². The lowest BCUT2D eigenvalue weighted by molar-refractivity contribution is -0.143. The van der Waals surface area contributed by atoms with Gasteiger partial charge in [0.1, 0.15) is 6.54 Å². The normalized spacial score (nSPS) is 15.1. The standard InChI is InChI=1S/C17H24N4O3.BrH/c1-2-24-16(22)13-21-15-6-4-3-5-14(15)20(17(21)18)8-7-19-9-11-23-12-10-19;/h3-6,18H,2,7-13H2,1H3;1H. The molecular formula is C17H25BrN4O3. The molecule has 1 saturated heterocycles. The number of rotatable bonds is 6. The smallest absolute Gasteiger partial charge is 0.326 e. The van der Waals surface area contributed by atoms with Gasteiger partial charge in [0, 0.05) is 26.2 Å². The first-order chi connectivity index (χ1) is 11.7. The molecule has 2 aromatic rings. The first-order valence-electron chi connectivity index (χ1n) is 8.39. The van der Waals surface area contributed by atoms with Crippen LogP contribution in [0.25, 0.3) is 11.0 Å². The molecule has 1 aromatic heterocycles. The Morgan fingerprint density at radius 3 is 2.44 bits per heavy atom. The molecule has 1 N–H and O–H groups in total. The molecule has 0 amide bonds. The maximum Gasteiger partial charge on any atom is 0.326 e. The molecule has 0 atom stereocenters. The first-order valence-corrected chi connectivity index (χ1v) is 8.39. The highest BCUT2D eigenvalue weighted by atomic mass is 79.9. The minimum Gasteiger partial charge on any atom is -0.465 e. The Labute approximate surface area is 157 Å². The number of para-hydroxylation sites is 2. The van der Waals surface area contributed by atoms with Crippen LogP contribution in [0.4, 0.5) is 0 Å². The lowest BCUT2D eigenvalue weighted by atomic mass is 10.3. The third-order valence-corrected chi connectivity index (χ3v) is 4.31. The van der Waals surface area contributed by atoms with E-state index >= 15 is 0 Å². The molecule has 1 aliphatic rings. The molecule has 0 bridgehead atoms. The molecule has 0 aliphatic carbocycles. The van der Waals surface area contributed by atoms with Crippen LogP contribution in [0.5, 0.6) is 0 Å². The summed E-state index contributed by atoms with van der Waals surface area (Å²) in [6.07, 6.45) is 0. The van der Waals surface area contributed by atoms with Crippen molar-refractivity contribution in [3.05, 3.63) is 29.9 Å². The van der Waals surface area contributed by atoms with E-state index in [1.54, 1.807) is 11.5 Å². The molecule has 0 unspecified atom stereocenters. The summed E-state index contributed by atoms with van der Waals surface area (Å²) in [5.41, 5.74) is 2.19. The Hall–Kier alpha value is -1.64. The molecule has 3 rings (SSSR count). The highest BCUT2D eigenvalue weighted by Gasteiger charge is 2.15. The van der Waals surface area contributed by atoms with Gasteiger partial charge in [0.05, 0.1) is 30.9 Å². The number of hydrogen-bond donors (Lipinski definition) is 1. The van der Waals surface area contributed by atoms with Crippen LogP contribution in [-0.4, -0.2) is 59.5 Å². The van der Waals surface area contributed by atoms with Crippen molar-refractivity contribution in [2.45, 2.75) is 20.0 Å². The Balaban J connectivity index is 0.00000225. The van der Waals surface area contributed by atoms with E-state index in [2.05, 4.69) is 4.90 Å². The molecule has 1 aromatic carbocycles. The van der Waals surface area contributed by atoms with Gasteiger partial charge in [-0.25, -0.2) is 0 Å². The predicted octanol–water partition coefficient (Wildman–Crippen LogP) is 1.40. The van der Waals surface area contributed by atoms with Crippen LogP contribution in [0.2, 0.25) is 0 Å². The second-order valence-corrected chi connectivity index (χ2v) is 5.81. The van der Waals surface area contributed by atoms with Gasteiger partial charge in [-0.05, 0) is 19.1 Å². The number of carbonyl (C=O) groups excluding carboxylic acids is 1. The van der Waals surface area contributed by atoms with Gasteiger partial charge in [-0.2, -0.15) is 0 Å². The number of imidazole rings is 1. The van der Waals surface area contributed by atoms with Crippen LogP contribution in [0.15, 0.2) is 24.3 Å². The third kappa shape index (κ3) is 4.50. The maximum absolute atomic E-state index is 11.9. The van der Waals surface area contributed by atoms with E-state index in [-0.39, 0.29) is 29.5 Å². The number of nitrogens with one attached hydrogen (secondary N) is 1. The highest BCUT2D eigenvalue weighted by molar-refractivity contribution is 8.93. The molecule has 8 heteroatoms. The minimum atomic E-state index is -0.313. The fourth-order valence-corrected chi connectivity index (χ4v) is 3.08. The summed E-state index contributed by atoms with van der Waals surface area (Å²) in [5, 5.41) is 8.49. The van der Waals surface area contributed by atoms with Gasteiger partial charge >= 0.3 is 5.97 Å². The van der Waals surface area contributed by atoms with Crippen molar-refractivity contribution in [1.29, 1.82) is 5.41 Å². The second kappa shape index (κ2) is 9.17. The van der Waals surface area contributed by atoms with Crippen LogP contribution in [0.3, 0.4) is 0 Å². The summed E-state index contributed by atoms with van der Waals surface area (Å²) in [6.45, 7) is 7.18. The highest BCUT2D eigenvalue weighted by Crippen LogP contribution is 2.13. The van der Waals surface area contributed by atoms with E-state index in [9.17, 15) is 4.79 Å². The first kappa shape index (κ1) is 19.7. The molecule has 25 heavy (non-hydrogen) atoms. The molecular weight excluding hydrogens is 388 g/mol. The number of nitrogens with zero attached hydrogens (tertiary/aromatic N) is 3. The van der Waals surface area contributed by atoms with E-state index < -0.39 is 0 Å². The molecule has 1 aliphatic heterocycles. The Bertz CT molecular complexity index is 765. The van der Waals surface area contributed by atoms with E-state index in [1.807, 2.05) is 28.8 Å². The van der Waals surface area contributed by atoms with Gasteiger partial charge in [-0.15, -0.1) is 17.0 Å². The van der Waals surface area contributed by atoms with Crippen molar-refractivity contribution in [2.24, 2.45) is 0 Å². The number of ether oxygens (including phenoxy) is 2. The maximum atomic E-state index is 11.9. The SMILES string of the molecule is Br.CCOC(=O)Cn1c(=N)n(CCN2CCOCC2)c2ccccc21. The molecule has 2 heterocycles. The van der Waals surface area contributed by atoms with Crippen LogP contribution >= 0.6 is 17.0 Å². The largest absolute Gasteiger partial charge is 0.465 e. The van der Waals surface area contributed by atoms with Crippen LogP contribution in [-0.2, 0) is 27.4 Å². The molecule has 0 spiro atoms. The van der Waals surface area contributed by atoms with Crippen LogP contribution in [0, 0.1) is 5.41 Å². The summed E-state index contributed by atoms with van der Waals surface area (Å²) >= 11 is 0. The number of aromatic nitrogens is 2. The number of fused-ring (bicyclic) bond motifs is 1. The second-order valence-electron chi connectivity index (χ2n) is 5.81. The van der Waals surface area contributed by atoms with Crippen molar-refractivity contribution in [1.82, 2.24) is 14.0 Å². The zero-order chi connectivity index (χ0) is 16.9. The monoisotopic (exact) mass is 412 g/mol. The van der Waals surface area contributed by atoms with Gasteiger partial charge in [0.25, 0.3) is 0 Å². The molecule has 7 nitrogen and oxygen atoms in total. The van der Waals surface area contributed by atoms with Crippen molar-refractivity contribution >= 4 is 34.0 Å². The summed E-state index contributed by atoms with van der Waals surface area (Å²) in [7, 11) is 0. The fourth-order valence-electron chi connectivity index (χ4n) is 3.08. The summed E-state index contributed by atoms with van der Waals surface area (Å²) in [5.74, 6) is -0.313. The number of esters is 1. The Kier molecular flexibility index (Phi) is 7.22. The number of morpholine rings is 1. The van der Waals surface area contributed by atoms with Crippen molar-refractivity contribution < 1.29 is 14.3 Å². The van der Waals surface area contributed by atoms with Crippen molar-refractivity contribution in [2.75, 3.05) is 39.5 Å². The van der Waals surface area contributed by atoms with E-state index in [4.69, 9.17) is 14.9 Å². The number of halogens is 1. The Morgan fingerprint density at radius 2 is 1.80 bits per heavy atom. The average Bonchev–Trinajstić information content (AvgIpc) is 2.86. The predicted molar refractivity (Wildman–Crippen MR) is 100.0 cm³/mol. The minimum absolute atomic E-state index is 0. The molecule has 0 radical (unpaired) electrons. The topological polar surface area (TPSA) is 72.5 Å². The van der Waals surface area contributed by atoms with Crippen molar-refractivity contribution in [3.8, 4) is 0 Å². The van der Waals surface area contributed by atoms with Crippen LogP contribution in [0.1, 0.15) is 6.92 Å². The number of benzene rings is 1. The molecule has 1 fully saturated rings. The van der Waals surface area contributed by atoms with E-state index in [0.717, 1.165) is 50.4 Å². The van der Waals surface area contributed by atoms with Gasteiger partial charge in [0.2, 0.25) is 5.62 Å².